The summed E-state index contributed by atoms with van der Waals surface area (Å²) in [5, 5.41) is 7.27. The SMILES string of the molecule is C[C@@H](Nc1cccc(OCC(N)=O)c1)c1nc(C(C)(C)C)no1. The lowest BCUT2D eigenvalue weighted by Gasteiger charge is -2.13. The lowest BCUT2D eigenvalue weighted by molar-refractivity contribution is -0.119. The molecule has 1 heterocycles. The number of carbonyl (C=O) groups excluding carboxylic acids is 1. The molecule has 0 saturated heterocycles. The molecule has 0 bridgehead atoms. The van der Waals surface area contributed by atoms with Crippen LogP contribution in [0.5, 0.6) is 5.75 Å². The van der Waals surface area contributed by atoms with Gasteiger partial charge < -0.3 is 20.3 Å². The van der Waals surface area contributed by atoms with Crippen molar-refractivity contribution < 1.29 is 14.1 Å². The molecule has 124 valence electrons. The van der Waals surface area contributed by atoms with Crippen LogP contribution in [0.15, 0.2) is 28.8 Å². The summed E-state index contributed by atoms with van der Waals surface area (Å²) in [4.78, 5) is 15.2. The molecule has 1 atom stereocenters. The number of carbonyl (C=O) groups is 1. The standard InChI is InChI=1S/C16H22N4O3/c1-10(14-19-15(20-23-14)16(2,3)4)18-11-6-5-7-12(8-11)22-9-13(17)21/h5-8,10,18H,9H2,1-4H3,(H2,17,21)/t10-/m1/s1. The summed E-state index contributed by atoms with van der Waals surface area (Å²) in [6.45, 7) is 7.85. The van der Waals surface area contributed by atoms with Gasteiger partial charge >= 0.3 is 0 Å². The highest BCUT2D eigenvalue weighted by atomic mass is 16.5. The first kappa shape index (κ1) is 16.8. The molecule has 0 aliphatic heterocycles. The highest BCUT2D eigenvalue weighted by molar-refractivity contribution is 5.75. The normalized spacial score (nSPS) is 12.7. The van der Waals surface area contributed by atoms with Gasteiger partial charge in [-0.1, -0.05) is 32.0 Å². The number of hydrogen-bond acceptors (Lipinski definition) is 6. The number of benzene rings is 1. The Kier molecular flexibility index (Phi) is 4.88. The number of nitrogens with two attached hydrogens (primary N) is 1. The Morgan fingerprint density at radius 2 is 2.17 bits per heavy atom. The van der Waals surface area contributed by atoms with Crippen molar-refractivity contribution in [3.63, 3.8) is 0 Å². The van der Waals surface area contributed by atoms with Crippen molar-refractivity contribution >= 4 is 11.6 Å². The quantitative estimate of drug-likeness (QED) is 0.847. The van der Waals surface area contributed by atoms with Crippen molar-refractivity contribution in [3.05, 3.63) is 36.0 Å². The van der Waals surface area contributed by atoms with Gasteiger partial charge in [0.2, 0.25) is 5.89 Å². The van der Waals surface area contributed by atoms with Gasteiger partial charge in [0.05, 0.1) is 0 Å². The molecule has 7 nitrogen and oxygen atoms in total. The van der Waals surface area contributed by atoms with Gasteiger partial charge in [0.25, 0.3) is 5.91 Å². The van der Waals surface area contributed by atoms with Gasteiger partial charge in [-0.25, -0.2) is 0 Å². The van der Waals surface area contributed by atoms with Crippen LogP contribution < -0.4 is 15.8 Å². The van der Waals surface area contributed by atoms with E-state index >= 15 is 0 Å². The summed E-state index contributed by atoms with van der Waals surface area (Å²) in [5.74, 6) is 1.22. The fourth-order valence-corrected chi connectivity index (χ4v) is 1.86. The molecule has 0 spiro atoms. The van der Waals surface area contributed by atoms with Crippen molar-refractivity contribution in [1.82, 2.24) is 10.1 Å². The van der Waals surface area contributed by atoms with Crippen LogP contribution in [0.1, 0.15) is 45.5 Å². The summed E-state index contributed by atoms with van der Waals surface area (Å²) in [5.41, 5.74) is 5.72. The van der Waals surface area contributed by atoms with Crippen LogP contribution in [0.2, 0.25) is 0 Å². The minimum absolute atomic E-state index is 0.155. The minimum Gasteiger partial charge on any atom is -0.484 e. The highest BCUT2D eigenvalue weighted by Gasteiger charge is 2.23. The van der Waals surface area contributed by atoms with Crippen molar-refractivity contribution in [2.24, 2.45) is 5.73 Å². The van der Waals surface area contributed by atoms with Gasteiger partial charge in [-0.15, -0.1) is 0 Å². The second kappa shape index (κ2) is 6.68. The molecule has 0 saturated carbocycles. The monoisotopic (exact) mass is 318 g/mol. The average molecular weight is 318 g/mol. The zero-order chi connectivity index (χ0) is 17.0. The van der Waals surface area contributed by atoms with E-state index in [1.165, 1.54) is 0 Å². The van der Waals surface area contributed by atoms with Gasteiger partial charge in [-0.05, 0) is 19.1 Å². The second-order valence-electron chi connectivity index (χ2n) is 6.36. The van der Waals surface area contributed by atoms with E-state index in [2.05, 4.69) is 15.5 Å². The smallest absolute Gasteiger partial charge is 0.255 e. The molecule has 0 fully saturated rings. The largest absolute Gasteiger partial charge is 0.484 e. The third-order valence-corrected chi connectivity index (χ3v) is 3.08. The number of ether oxygens (including phenoxy) is 1. The maximum atomic E-state index is 10.8. The van der Waals surface area contributed by atoms with Gasteiger partial charge in [0.1, 0.15) is 11.8 Å². The summed E-state index contributed by atoms with van der Waals surface area (Å²) >= 11 is 0. The first-order chi connectivity index (χ1) is 10.8. The minimum atomic E-state index is -0.516. The molecule has 1 aromatic heterocycles. The van der Waals surface area contributed by atoms with Crippen molar-refractivity contribution in [1.29, 1.82) is 0 Å². The van der Waals surface area contributed by atoms with E-state index in [0.29, 0.717) is 17.5 Å². The number of hydrogen-bond donors (Lipinski definition) is 2. The van der Waals surface area contributed by atoms with Crippen LogP contribution in [0, 0.1) is 0 Å². The topological polar surface area (TPSA) is 103 Å². The van der Waals surface area contributed by atoms with Crippen molar-refractivity contribution in [2.75, 3.05) is 11.9 Å². The second-order valence-corrected chi connectivity index (χ2v) is 6.36. The summed E-state index contributed by atoms with van der Waals surface area (Å²) in [7, 11) is 0. The Morgan fingerprint density at radius 3 is 2.78 bits per heavy atom. The number of amides is 1. The fraction of sp³-hybridized carbons (Fsp3) is 0.438. The molecular formula is C16H22N4O3. The number of aromatic nitrogens is 2. The van der Waals surface area contributed by atoms with Crippen LogP contribution in [-0.2, 0) is 10.2 Å². The van der Waals surface area contributed by atoms with Crippen molar-refractivity contribution in [3.8, 4) is 5.75 Å². The van der Waals surface area contributed by atoms with Crippen LogP contribution in [0.3, 0.4) is 0 Å². The van der Waals surface area contributed by atoms with Crippen LogP contribution in [0.25, 0.3) is 0 Å². The first-order valence-corrected chi connectivity index (χ1v) is 7.37. The van der Waals surface area contributed by atoms with E-state index in [0.717, 1.165) is 5.69 Å². The van der Waals surface area contributed by atoms with Crippen molar-refractivity contribution in [2.45, 2.75) is 39.2 Å². The molecule has 0 radical (unpaired) electrons. The maximum absolute atomic E-state index is 10.8. The molecule has 1 amide bonds. The molecule has 7 heteroatoms. The van der Waals surface area contributed by atoms with E-state index in [9.17, 15) is 4.79 Å². The third kappa shape index (κ3) is 4.70. The van der Waals surface area contributed by atoms with E-state index in [-0.39, 0.29) is 18.1 Å². The Bertz CT molecular complexity index is 676. The average Bonchev–Trinajstić information content (AvgIpc) is 2.95. The number of anilines is 1. The van der Waals surface area contributed by atoms with E-state index in [1.54, 1.807) is 12.1 Å². The summed E-state index contributed by atoms with van der Waals surface area (Å²) in [6, 6.07) is 7.07. The molecule has 2 rings (SSSR count). The predicted molar refractivity (Wildman–Crippen MR) is 86.2 cm³/mol. The lowest BCUT2D eigenvalue weighted by Crippen LogP contribution is -2.20. The molecule has 2 aromatic rings. The zero-order valence-corrected chi connectivity index (χ0v) is 13.8. The Hall–Kier alpha value is -2.57. The number of nitrogens with one attached hydrogen (secondary N) is 1. The molecule has 0 unspecified atom stereocenters. The van der Waals surface area contributed by atoms with Gasteiger partial charge in [0, 0.05) is 17.2 Å². The van der Waals surface area contributed by atoms with E-state index in [1.807, 2.05) is 39.8 Å². The predicted octanol–water partition coefficient (Wildman–Crippen LogP) is 2.40. The van der Waals surface area contributed by atoms with Crippen LogP contribution >= 0.6 is 0 Å². The number of nitrogens with zero attached hydrogens (tertiary/aromatic N) is 2. The molecular weight excluding hydrogens is 296 g/mol. The van der Waals surface area contributed by atoms with Gasteiger partial charge in [0.15, 0.2) is 12.4 Å². The Labute approximate surface area is 135 Å². The van der Waals surface area contributed by atoms with Crippen LogP contribution in [-0.4, -0.2) is 22.7 Å². The molecule has 3 N–H and O–H groups in total. The fourth-order valence-electron chi connectivity index (χ4n) is 1.86. The zero-order valence-electron chi connectivity index (χ0n) is 13.8. The molecule has 0 aliphatic rings. The Balaban J connectivity index is 2.05. The molecule has 23 heavy (non-hydrogen) atoms. The number of primary amides is 1. The third-order valence-electron chi connectivity index (χ3n) is 3.08. The van der Waals surface area contributed by atoms with E-state index in [4.69, 9.17) is 15.0 Å². The Morgan fingerprint density at radius 1 is 1.43 bits per heavy atom. The summed E-state index contributed by atoms with van der Waals surface area (Å²) < 4.78 is 10.6. The lowest BCUT2D eigenvalue weighted by atomic mass is 9.96. The first-order valence-electron chi connectivity index (χ1n) is 7.37. The molecule has 1 aromatic carbocycles. The number of rotatable bonds is 6. The summed E-state index contributed by atoms with van der Waals surface area (Å²) in [6.07, 6.45) is 0. The van der Waals surface area contributed by atoms with Gasteiger partial charge in [-0.2, -0.15) is 4.98 Å². The van der Waals surface area contributed by atoms with Crippen LogP contribution in [0.4, 0.5) is 5.69 Å². The maximum Gasteiger partial charge on any atom is 0.255 e. The highest BCUT2D eigenvalue weighted by Crippen LogP contribution is 2.24. The van der Waals surface area contributed by atoms with Gasteiger partial charge in [-0.3, -0.25) is 4.79 Å². The molecule has 0 aliphatic carbocycles. The van der Waals surface area contributed by atoms with E-state index < -0.39 is 5.91 Å².